The Balaban J connectivity index is 1.68. The second-order valence-electron chi connectivity index (χ2n) is 5.18. The van der Waals surface area contributed by atoms with Crippen molar-refractivity contribution in [2.45, 2.75) is 12.5 Å². The predicted octanol–water partition coefficient (Wildman–Crippen LogP) is -1.24. The molecule has 0 amide bonds. The SMILES string of the molecule is Nc1ncnc2c(CCN3C[C@@H](CO)[C@@H](O)C3)[nH]nc12. The Morgan fingerprint density at radius 1 is 1.35 bits per heavy atom. The summed E-state index contributed by atoms with van der Waals surface area (Å²) in [7, 11) is 0. The van der Waals surface area contributed by atoms with E-state index in [1.165, 1.54) is 6.33 Å². The first-order valence-corrected chi connectivity index (χ1v) is 6.63. The molecular formula is C12H18N6O2. The summed E-state index contributed by atoms with van der Waals surface area (Å²) in [5, 5.41) is 26.0. The second kappa shape index (κ2) is 5.31. The number of nitrogens with zero attached hydrogens (tertiary/aromatic N) is 4. The zero-order valence-corrected chi connectivity index (χ0v) is 11.0. The zero-order valence-electron chi connectivity index (χ0n) is 11.0. The van der Waals surface area contributed by atoms with Gasteiger partial charge in [-0.2, -0.15) is 5.10 Å². The topological polar surface area (TPSA) is 124 Å². The van der Waals surface area contributed by atoms with Crippen molar-refractivity contribution in [2.24, 2.45) is 5.92 Å². The number of nitrogens with two attached hydrogens (primary N) is 1. The van der Waals surface area contributed by atoms with Gasteiger partial charge < -0.3 is 15.9 Å². The van der Waals surface area contributed by atoms with E-state index in [2.05, 4.69) is 25.1 Å². The van der Waals surface area contributed by atoms with Gasteiger partial charge in [0.2, 0.25) is 0 Å². The summed E-state index contributed by atoms with van der Waals surface area (Å²) in [6.45, 7) is 2.10. The Morgan fingerprint density at radius 3 is 2.95 bits per heavy atom. The Bertz CT molecular complexity index is 601. The Morgan fingerprint density at radius 2 is 2.20 bits per heavy atom. The summed E-state index contributed by atoms with van der Waals surface area (Å²) in [6.07, 6.45) is 1.71. The number of aliphatic hydroxyl groups is 2. The van der Waals surface area contributed by atoms with Gasteiger partial charge in [-0.25, -0.2) is 9.97 Å². The third-order valence-corrected chi connectivity index (χ3v) is 3.83. The van der Waals surface area contributed by atoms with Crippen LogP contribution in [-0.2, 0) is 6.42 Å². The fourth-order valence-corrected chi connectivity index (χ4v) is 2.65. The van der Waals surface area contributed by atoms with E-state index in [0.29, 0.717) is 24.4 Å². The highest BCUT2D eigenvalue weighted by Crippen LogP contribution is 2.19. The molecule has 0 radical (unpaired) electrons. The number of nitrogens with one attached hydrogen (secondary N) is 1. The number of aromatic amines is 1. The number of nitrogen functional groups attached to an aromatic ring is 1. The Kier molecular flexibility index (Phi) is 3.51. The molecule has 3 rings (SSSR count). The highest BCUT2D eigenvalue weighted by Gasteiger charge is 2.30. The van der Waals surface area contributed by atoms with Crippen LogP contribution in [0.25, 0.3) is 11.0 Å². The Hall–Kier alpha value is -1.77. The third-order valence-electron chi connectivity index (χ3n) is 3.83. The number of β-amino-alcohol motifs (C(OH)–C–C–N with tert-alkyl or cyclic N) is 1. The minimum absolute atomic E-state index is 0.0222. The molecule has 5 N–H and O–H groups in total. The van der Waals surface area contributed by atoms with E-state index in [1.807, 2.05) is 0 Å². The number of H-pyrrole nitrogens is 1. The van der Waals surface area contributed by atoms with E-state index in [4.69, 9.17) is 10.8 Å². The molecule has 1 saturated heterocycles. The lowest BCUT2D eigenvalue weighted by atomic mass is 10.1. The molecule has 0 unspecified atom stereocenters. The standard InChI is InChI=1S/C12H18N6O2/c13-12-11-10(14-6-15-12)8(16-17-11)1-2-18-3-7(5-19)9(20)4-18/h6-7,9,19-20H,1-5H2,(H,16,17)(H2,13,14,15)/t7-,9-/m0/s1. The number of rotatable bonds is 4. The van der Waals surface area contributed by atoms with Gasteiger partial charge in [0, 0.05) is 38.6 Å². The smallest absolute Gasteiger partial charge is 0.155 e. The molecule has 8 heteroatoms. The fraction of sp³-hybridized carbons (Fsp3) is 0.583. The van der Waals surface area contributed by atoms with E-state index in [9.17, 15) is 5.11 Å². The van der Waals surface area contributed by atoms with Crippen LogP contribution in [0.4, 0.5) is 5.82 Å². The molecule has 0 aliphatic carbocycles. The average molecular weight is 278 g/mol. The van der Waals surface area contributed by atoms with E-state index in [-0.39, 0.29) is 12.5 Å². The summed E-state index contributed by atoms with van der Waals surface area (Å²) >= 11 is 0. The maximum absolute atomic E-state index is 9.77. The van der Waals surface area contributed by atoms with E-state index >= 15 is 0 Å². The lowest BCUT2D eigenvalue weighted by Gasteiger charge is -2.14. The fourth-order valence-electron chi connectivity index (χ4n) is 2.65. The molecule has 1 aliphatic heterocycles. The van der Waals surface area contributed by atoms with E-state index in [0.717, 1.165) is 24.2 Å². The van der Waals surface area contributed by atoms with Crippen molar-refractivity contribution in [1.82, 2.24) is 25.1 Å². The molecule has 108 valence electrons. The number of fused-ring (bicyclic) bond motifs is 1. The molecule has 2 atom stereocenters. The molecule has 2 aromatic rings. The first-order chi connectivity index (χ1) is 9.69. The predicted molar refractivity (Wildman–Crippen MR) is 72.8 cm³/mol. The van der Waals surface area contributed by atoms with Crippen LogP contribution in [0.2, 0.25) is 0 Å². The van der Waals surface area contributed by atoms with Crippen molar-refractivity contribution in [2.75, 3.05) is 32.0 Å². The molecule has 0 spiro atoms. The van der Waals surface area contributed by atoms with E-state index in [1.54, 1.807) is 0 Å². The van der Waals surface area contributed by atoms with Crippen molar-refractivity contribution in [3.05, 3.63) is 12.0 Å². The van der Waals surface area contributed by atoms with Crippen LogP contribution in [0.15, 0.2) is 6.33 Å². The van der Waals surface area contributed by atoms with Gasteiger partial charge in [0.1, 0.15) is 11.8 Å². The summed E-state index contributed by atoms with van der Waals surface area (Å²) < 4.78 is 0. The first-order valence-electron chi connectivity index (χ1n) is 6.63. The molecule has 0 saturated carbocycles. The molecule has 2 aromatic heterocycles. The molecule has 8 nitrogen and oxygen atoms in total. The zero-order chi connectivity index (χ0) is 14.1. The monoisotopic (exact) mass is 278 g/mol. The molecular weight excluding hydrogens is 260 g/mol. The van der Waals surface area contributed by atoms with Crippen molar-refractivity contribution >= 4 is 16.9 Å². The van der Waals surface area contributed by atoms with Crippen LogP contribution in [0.3, 0.4) is 0 Å². The van der Waals surface area contributed by atoms with Gasteiger partial charge in [0.25, 0.3) is 0 Å². The average Bonchev–Trinajstić information content (AvgIpc) is 3.01. The van der Waals surface area contributed by atoms with Gasteiger partial charge in [-0.3, -0.25) is 10.00 Å². The number of aromatic nitrogens is 4. The summed E-state index contributed by atoms with van der Waals surface area (Å²) in [6, 6.07) is 0. The number of hydrogen-bond acceptors (Lipinski definition) is 7. The van der Waals surface area contributed by atoms with Crippen LogP contribution < -0.4 is 5.73 Å². The maximum Gasteiger partial charge on any atom is 0.155 e. The Labute approximate surface area is 115 Å². The number of aliphatic hydroxyl groups excluding tert-OH is 2. The summed E-state index contributed by atoms with van der Waals surface area (Å²) in [4.78, 5) is 10.2. The van der Waals surface area contributed by atoms with Crippen LogP contribution in [0, 0.1) is 5.92 Å². The lowest BCUT2D eigenvalue weighted by molar-refractivity contribution is 0.103. The second-order valence-corrected chi connectivity index (χ2v) is 5.18. The summed E-state index contributed by atoms with van der Waals surface area (Å²) in [5.74, 6) is 0.320. The van der Waals surface area contributed by atoms with Crippen LogP contribution in [0.1, 0.15) is 5.69 Å². The first kappa shape index (κ1) is 13.2. The van der Waals surface area contributed by atoms with Gasteiger partial charge >= 0.3 is 0 Å². The molecule has 0 bridgehead atoms. The molecule has 1 fully saturated rings. The maximum atomic E-state index is 9.77. The van der Waals surface area contributed by atoms with Gasteiger partial charge in [0.15, 0.2) is 11.3 Å². The van der Waals surface area contributed by atoms with Crippen LogP contribution >= 0.6 is 0 Å². The van der Waals surface area contributed by atoms with Crippen molar-refractivity contribution in [3.8, 4) is 0 Å². The van der Waals surface area contributed by atoms with Gasteiger partial charge in [-0.05, 0) is 0 Å². The number of likely N-dealkylation sites (tertiary alicyclic amines) is 1. The molecule has 3 heterocycles. The van der Waals surface area contributed by atoms with Crippen LogP contribution in [0.5, 0.6) is 0 Å². The van der Waals surface area contributed by atoms with Crippen LogP contribution in [-0.4, -0.2) is 67.6 Å². The van der Waals surface area contributed by atoms with Crippen molar-refractivity contribution in [1.29, 1.82) is 0 Å². The highest BCUT2D eigenvalue weighted by molar-refractivity contribution is 5.85. The largest absolute Gasteiger partial charge is 0.396 e. The molecule has 0 aromatic carbocycles. The van der Waals surface area contributed by atoms with Gasteiger partial charge in [-0.1, -0.05) is 0 Å². The number of anilines is 1. The van der Waals surface area contributed by atoms with Crippen molar-refractivity contribution < 1.29 is 10.2 Å². The minimum atomic E-state index is -0.448. The molecule has 20 heavy (non-hydrogen) atoms. The molecule has 1 aliphatic rings. The van der Waals surface area contributed by atoms with Crippen molar-refractivity contribution in [3.63, 3.8) is 0 Å². The normalized spacial score (nSPS) is 23.7. The summed E-state index contributed by atoms with van der Waals surface area (Å²) in [5.41, 5.74) is 7.99. The quantitative estimate of drug-likeness (QED) is 0.551. The lowest BCUT2D eigenvalue weighted by Crippen LogP contribution is -2.24. The number of hydrogen-bond donors (Lipinski definition) is 4. The van der Waals surface area contributed by atoms with E-state index < -0.39 is 6.10 Å². The van der Waals surface area contributed by atoms with Gasteiger partial charge in [-0.15, -0.1) is 0 Å². The third kappa shape index (κ3) is 2.33. The minimum Gasteiger partial charge on any atom is -0.396 e. The highest BCUT2D eigenvalue weighted by atomic mass is 16.3. The van der Waals surface area contributed by atoms with Gasteiger partial charge in [0.05, 0.1) is 11.8 Å².